The van der Waals surface area contributed by atoms with Crippen LogP contribution in [0.5, 0.6) is 0 Å². The Kier molecular flexibility index (Phi) is 3.53. The van der Waals surface area contributed by atoms with Gasteiger partial charge in [0, 0.05) is 6.61 Å². The molecular weight excluding hydrogens is 156 g/mol. The van der Waals surface area contributed by atoms with Crippen molar-refractivity contribution in [3.05, 3.63) is 0 Å². The maximum absolute atomic E-state index is 10.7. The third-order valence-corrected chi connectivity index (χ3v) is 2.41. The topological polar surface area (TPSA) is 46.5 Å². The standard InChI is InChI=1S/C9H16O3/c1-2-7(9(10)11)6-8-4-3-5-12-8/h7-8H,2-6H2,1H3,(H,10,11). The predicted octanol–water partition coefficient (Wildman–Crippen LogP) is 1.67. The number of carboxylic acid groups (broad SMARTS) is 1. The zero-order chi connectivity index (χ0) is 8.97. The Hall–Kier alpha value is -0.570. The van der Waals surface area contributed by atoms with Crippen molar-refractivity contribution in [2.75, 3.05) is 6.61 Å². The van der Waals surface area contributed by atoms with E-state index in [1.54, 1.807) is 0 Å². The molecule has 0 spiro atoms. The largest absolute Gasteiger partial charge is 0.481 e. The lowest BCUT2D eigenvalue weighted by Crippen LogP contribution is -2.19. The molecule has 1 fully saturated rings. The minimum Gasteiger partial charge on any atom is -0.481 e. The number of hydrogen-bond acceptors (Lipinski definition) is 2. The van der Waals surface area contributed by atoms with Crippen LogP contribution in [-0.2, 0) is 9.53 Å². The van der Waals surface area contributed by atoms with Gasteiger partial charge in [-0.1, -0.05) is 6.92 Å². The molecule has 1 aliphatic heterocycles. The summed E-state index contributed by atoms with van der Waals surface area (Å²) >= 11 is 0. The Morgan fingerprint density at radius 2 is 2.50 bits per heavy atom. The molecule has 1 heterocycles. The molecule has 1 rings (SSSR count). The minimum atomic E-state index is -0.687. The summed E-state index contributed by atoms with van der Waals surface area (Å²) in [6.07, 6.45) is 3.71. The lowest BCUT2D eigenvalue weighted by atomic mass is 9.98. The lowest BCUT2D eigenvalue weighted by molar-refractivity contribution is -0.143. The van der Waals surface area contributed by atoms with Crippen LogP contribution in [0, 0.1) is 5.92 Å². The molecule has 0 amide bonds. The van der Waals surface area contributed by atoms with E-state index >= 15 is 0 Å². The van der Waals surface area contributed by atoms with Gasteiger partial charge in [-0.25, -0.2) is 0 Å². The van der Waals surface area contributed by atoms with E-state index in [2.05, 4.69) is 0 Å². The van der Waals surface area contributed by atoms with Crippen molar-refractivity contribution in [1.29, 1.82) is 0 Å². The zero-order valence-corrected chi connectivity index (χ0v) is 7.45. The second-order valence-corrected chi connectivity index (χ2v) is 3.31. The summed E-state index contributed by atoms with van der Waals surface area (Å²) in [5.74, 6) is -0.902. The zero-order valence-electron chi connectivity index (χ0n) is 7.45. The number of hydrogen-bond donors (Lipinski definition) is 1. The first-order valence-corrected chi connectivity index (χ1v) is 4.58. The molecule has 0 aromatic rings. The molecule has 1 aliphatic rings. The van der Waals surface area contributed by atoms with Gasteiger partial charge in [0.05, 0.1) is 12.0 Å². The molecule has 1 saturated heterocycles. The summed E-state index contributed by atoms with van der Waals surface area (Å²) < 4.78 is 5.37. The fourth-order valence-corrected chi connectivity index (χ4v) is 1.59. The molecule has 0 aromatic heterocycles. The second kappa shape index (κ2) is 4.45. The van der Waals surface area contributed by atoms with Crippen molar-refractivity contribution in [2.24, 2.45) is 5.92 Å². The molecule has 70 valence electrons. The van der Waals surface area contributed by atoms with Gasteiger partial charge in [0.1, 0.15) is 0 Å². The number of rotatable bonds is 4. The smallest absolute Gasteiger partial charge is 0.306 e. The highest BCUT2D eigenvalue weighted by Crippen LogP contribution is 2.21. The van der Waals surface area contributed by atoms with E-state index in [-0.39, 0.29) is 12.0 Å². The minimum absolute atomic E-state index is 0.200. The van der Waals surface area contributed by atoms with Gasteiger partial charge in [0.2, 0.25) is 0 Å². The monoisotopic (exact) mass is 172 g/mol. The van der Waals surface area contributed by atoms with Crippen LogP contribution in [-0.4, -0.2) is 23.8 Å². The van der Waals surface area contributed by atoms with Gasteiger partial charge in [-0.3, -0.25) is 4.79 Å². The SMILES string of the molecule is CCC(CC1CCCO1)C(=O)O. The second-order valence-electron chi connectivity index (χ2n) is 3.31. The van der Waals surface area contributed by atoms with Crippen LogP contribution >= 0.6 is 0 Å². The predicted molar refractivity (Wildman–Crippen MR) is 45.0 cm³/mol. The van der Waals surface area contributed by atoms with Crippen molar-refractivity contribution >= 4 is 5.97 Å². The van der Waals surface area contributed by atoms with Crippen LogP contribution in [0.25, 0.3) is 0 Å². The van der Waals surface area contributed by atoms with Crippen LogP contribution in [0.15, 0.2) is 0 Å². The molecule has 3 nitrogen and oxygen atoms in total. The Labute approximate surface area is 72.7 Å². The number of carbonyl (C=O) groups is 1. The molecular formula is C9H16O3. The summed E-state index contributed by atoms with van der Waals surface area (Å²) in [6, 6.07) is 0. The van der Waals surface area contributed by atoms with Crippen molar-refractivity contribution < 1.29 is 14.6 Å². The Morgan fingerprint density at radius 1 is 1.75 bits per heavy atom. The highest BCUT2D eigenvalue weighted by atomic mass is 16.5. The normalized spacial score (nSPS) is 25.6. The van der Waals surface area contributed by atoms with Crippen LogP contribution in [0.2, 0.25) is 0 Å². The molecule has 0 aliphatic carbocycles. The van der Waals surface area contributed by atoms with Crippen LogP contribution < -0.4 is 0 Å². The molecule has 0 bridgehead atoms. The molecule has 1 N–H and O–H groups in total. The van der Waals surface area contributed by atoms with E-state index in [1.807, 2.05) is 6.92 Å². The summed E-state index contributed by atoms with van der Waals surface area (Å²) in [5.41, 5.74) is 0. The fraction of sp³-hybridized carbons (Fsp3) is 0.889. The summed E-state index contributed by atoms with van der Waals surface area (Å²) in [5, 5.41) is 8.78. The third-order valence-electron chi connectivity index (χ3n) is 2.41. The highest BCUT2D eigenvalue weighted by Gasteiger charge is 2.23. The van der Waals surface area contributed by atoms with Crippen molar-refractivity contribution in [1.82, 2.24) is 0 Å². The van der Waals surface area contributed by atoms with Crippen molar-refractivity contribution in [3.8, 4) is 0 Å². The molecule has 0 saturated carbocycles. The van der Waals surface area contributed by atoms with E-state index in [1.165, 1.54) is 0 Å². The quantitative estimate of drug-likeness (QED) is 0.701. The van der Waals surface area contributed by atoms with E-state index in [9.17, 15) is 4.79 Å². The van der Waals surface area contributed by atoms with E-state index in [4.69, 9.17) is 9.84 Å². The van der Waals surface area contributed by atoms with Gasteiger partial charge < -0.3 is 9.84 Å². The summed E-state index contributed by atoms with van der Waals surface area (Å²) in [4.78, 5) is 10.7. The maximum atomic E-state index is 10.7. The Bertz CT molecular complexity index is 150. The van der Waals surface area contributed by atoms with Gasteiger partial charge in [-0.2, -0.15) is 0 Å². The first kappa shape index (κ1) is 9.52. The Balaban J connectivity index is 2.30. The first-order valence-electron chi connectivity index (χ1n) is 4.58. The molecule has 3 heteroatoms. The van der Waals surface area contributed by atoms with Crippen molar-refractivity contribution in [3.63, 3.8) is 0 Å². The van der Waals surface area contributed by atoms with Crippen molar-refractivity contribution in [2.45, 2.75) is 38.7 Å². The summed E-state index contributed by atoms with van der Waals surface area (Å²) in [7, 11) is 0. The van der Waals surface area contributed by atoms with Gasteiger partial charge in [0.15, 0.2) is 0 Å². The lowest BCUT2D eigenvalue weighted by Gasteiger charge is -2.14. The number of carboxylic acids is 1. The number of ether oxygens (including phenoxy) is 1. The van der Waals surface area contributed by atoms with Crippen LogP contribution in [0.3, 0.4) is 0 Å². The number of aliphatic carboxylic acids is 1. The summed E-state index contributed by atoms with van der Waals surface area (Å²) in [6.45, 7) is 2.72. The maximum Gasteiger partial charge on any atom is 0.306 e. The van der Waals surface area contributed by atoms with Gasteiger partial charge >= 0.3 is 5.97 Å². The van der Waals surface area contributed by atoms with Crippen LogP contribution in [0.4, 0.5) is 0 Å². The average molecular weight is 172 g/mol. The fourth-order valence-electron chi connectivity index (χ4n) is 1.59. The molecule has 0 aromatic carbocycles. The first-order chi connectivity index (χ1) is 5.74. The van der Waals surface area contributed by atoms with E-state index < -0.39 is 5.97 Å². The third kappa shape index (κ3) is 2.48. The van der Waals surface area contributed by atoms with Gasteiger partial charge in [-0.05, 0) is 25.7 Å². The van der Waals surface area contributed by atoms with Gasteiger partial charge in [-0.15, -0.1) is 0 Å². The Morgan fingerprint density at radius 3 is 2.92 bits per heavy atom. The van der Waals surface area contributed by atoms with E-state index in [0.717, 1.165) is 19.4 Å². The van der Waals surface area contributed by atoms with Gasteiger partial charge in [0.25, 0.3) is 0 Å². The molecule has 2 atom stereocenters. The molecule has 0 radical (unpaired) electrons. The highest BCUT2D eigenvalue weighted by molar-refractivity contribution is 5.69. The van der Waals surface area contributed by atoms with E-state index in [0.29, 0.717) is 12.8 Å². The molecule has 12 heavy (non-hydrogen) atoms. The van der Waals surface area contributed by atoms with Crippen LogP contribution in [0.1, 0.15) is 32.6 Å². The average Bonchev–Trinajstić information content (AvgIpc) is 2.51. The molecule has 2 unspecified atom stereocenters.